The van der Waals surface area contributed by atoms with Crippen LogP contribution in [0.3, 0.4) is 0 Å². The van der Waals surface area contributed by atoms with Gasteiger partial charge in [0.05, 0.1) is 12.7 Å². The summed E-state index contributed by atoms with van der Waals surface area (Å²) in [6.45, 7) is 5.17. The first-order valence-corrected chi connectivity index (χ1v) is 6.82. The standard InChI is InChI=1S/C8H16ClO3P/c1-6(2)7-8(3,4)5-11-13(9,10)12-7/h6-7H,5H2,1-4H3/t7-,13+/m1/s1. The zero-order valence-corrected chi connectivity index (χ0v) is 10.1. The molecule has 5 heteroatoms. The summed E-state index contributed by atoms with van der Waals surface area (Å²) in [5.74, 6) is 0.283. The molecule has 0 aromatic heterocycles. The SMILES string of the molecule is CC(C)[C@H]1O[P@](=O)(Cl)OCC1(C)C. The summed E-state index contributed by atoms with van der Waals surface area (Å²) >= 11 is 5.55. The van der Waals surface area contributed by atoms with E-state index in [-0.39, 0.29) is 17.4 Å². The van der Waals surface area contributed by atoms with E-state index in [0.717, 1.165) is 0 Å². The van der Waals surface area contributed by atoms with Gasteiger partial charge in [-0.25, -0.2) is 4.57 Å². The fourth-order valence-corrected chi connectivity index (χ4v) is 3.41. The summed E-state index contributed by atoms with van der Waals surface area (Å²) < 4.78 is 21.6. The van der Waals surface area contributed by atoms with Crippen molar-refractivity contribution in [3.05, 3.63) is 0 Å². The fourth-order valence-electron chi connectivity index (χ4n) is 1.66. The molecule has 0 amide bonds. The van der Waals surface area contributed by atoms with Gasteiger partial charge in [-0.2, -0.15) is 0 Å². The second-order valence-corrected chi connectivity index (χ2v) is 7.04. The quantitative estimate of drug-likeness (QED) is 0.643. The number of hydrogen-bond donors (Lipinski definition) is 0. The lowest BCUT2D eigenvalue weighted by Crippen LogP contribution is -2.41. The van der Waals surface area contributed by atoms with Crippen LogP contribution < -0.4 is 0 Å². The van der Waals surface area contributed by atoms with Crippen LogP contribution in [0.4, 0.5) is 0 Å². The first-order chi connectivity index (χ1) is 5.75. The number of hydrogen-bond acceptors (Lipinski definition) is 3. The van der Waals surface area contributed by atoms with E-state index in [1.165, 1.54) is 0 Å². The predicted molar refractivity (Wildman–Crippen MR) is 52.9 cm³/mol. The molecular weight excluding hydrogens is 211 g/mol. The van der Waals surface area contributed by atoms with Gasteiger partial charge in [0.15, 0.2) is 0 Å². The van der Waals surface area contributed by atoms with E-state index in [9.17, 15) is 4.57 Å². The van der Waals surface area contributed by atoms with Crippen molar-refractivity contribution in [2.45, 2.75) is 33.8 Å². The highest BCUT2D eigenvalue weighted by Gasteiger charge is 2.44. The first-order valence-electron chi connectivity index (χ1n) is 4.37. The third-order valence-electron chi connectivity index (χ3n) is 2.21. The molecule has 2 atom stereocenters. The molecule has 0 unspecified atom stereocenters. The molecule has 0 bridgehead atoms. The van der Waals surface area contributed by atoms with Crippen LogP contribution in [0.15, 0.2) is 0 Å². The van der Waals surface area contributed by atoms with E-state index in [0.29, 0.717) is 6.61 Å². The van der Waals surface area contributed by atoms with Crippen LogP contribution in [-0.2, 0) is 13.6 Å². The lowest BCUT2D eigenvalue weighted by atomic mass is 9.81. The first kappa shape index (κ1) is 11.5. The molecular formula is C8H16ClO3P. The third kappa shape index (κ3) is 2.69. The molecule has 0 radical (unpaired) electrons. The zero-order chi connectivity index (χ0) is 10.3. The van der Waals surface area contributed by atoms with Crippen molar-refractivity contribution in [1.82, 2.24) is 0 Å². The monoisotopic (exact) mass is 226 g/mol. The van der Waals surface area contributed by atoms with Gasteiger partial charge in [-0.15, -0.1) is 0 Å². The second kappa shape index (κ2) is 3.54. The van der Waals surface area contributed by atoms with E-state index >= 15 is 0 Å². The molecule has 0 aliphatic carbocycles. The highest BCUT2D eigenvalue weighted by atomic mass is 35.7. The molecule has 1 heterocycles. The summed E-state index contributed by atoms with van der Waals surface area (Å²) in [7, 11) is 0. The molecule has 78 valence electrons. The van der Waals surface area contributed by atoms with Crippen molar-refractivity contribution in [3.8, 4) is 0 Å². The average molecular weight is 227 g/mol. The van der Waals surface area contributed by atoms with Crippen LogP contribution in [0.2, 0.25) is 0 Å². The molecule has 0 saturated carbocycles. The van der Waals surface area contributed by atoms with E-state index in [4.69, 9.17) is 20.3 Å². The molecule has 1 fully saturated rings. The Hall–Kier alpha value is 0.440. The van der Waals surface area contributed by atoms with E-state index in [2.05, 4.69) is 0 Å². The Labute approximate surface area is 84.1 Å². The van der Waals surface area contributed by atoms with Gasteiger partial charge in [0.2, 0.25) is 0 Å². The van der Waals surface area contributed by atoms with Gasteiger partial charge in [0.25, 0.3) is 0 Å². The Morgan fingerprint density at radius 2 is 2.08 bits per heavy atom. The van der Waals surface area contributed by atoms with Gasteiger partial charge < -0.3 is 0 Å². The average Bonchev–Trinajstić information content (AvgIpc) is 1.95. The topological polar surface area (TPSA) is 35.5 Å². The highest BCUT2D eigenvalue weighted by Crippen LogP contribution is 2.61. The van der Waals surface area contributed by atoms with E-state index in [1.807, 2.05) is 27.7 Å². The molecule has 1 rings (SSSR count). The number of rotatable bonds is 1. The Morgan fingerprint density at radius 3 is 2.46 bits per heavy atom. The summed E-state index contributed by atoms with van der Waals surface area (Å²) in [6, 6.07) is 0. The van der Waals surface area contributed by atoms with Gasteiger partial charge in [0.1, 0.15) is 0 Å². The molecule has 3 nitrogen and oxygen atoms in total. The lowest BCUT2D eigenvalue weighted by molar-refractivity contribution is -0.0422. The van der Waals surface area contributed by atoms with E-state index in [1.54, 1.807) is 0 Å². The summed E-state index contributed by atoms with van der Waals surface area (Å²) in [6.07, 6.45) is -0.107. The maximum absolute atomic E-state index is 11.4. The molecule has 0 aromatic carbocycles. The minimum atomic E-state index is -3.30. The summed E-state index contributed by atoms with van der Waals surface area (Å²) in [5.41, 5.74) is -0.128. The van der Waals surface area contributed by atoms with Gasteiger partial charge in [-0.05, 0) is 5.92 Å². The van der Waals surface area contributed by atoms with Gasteiger partial charge >= 0.3 is 6.95 Å². The Bertz CT molecular complexity index is 240. The molecule has 1 saturated heterocycles. The highest BCUT2D eigenvalue weighted by molar-refractivity contribution is 7.81. The van der Waals surface area contributed by atoms with Gasteiger partial charge in [-0.3, -0.25) is 9.05 Å². The van der Waals surface area contributed by atoms with Crippen molar-refractivity contribution in [2.75, 3.05) is 6.61 Å². The zero-order valence-electron chi connectivity index (χ0n) is 8.41. The van der Waals surface area contributed by atoms with Crippen molar-refractivity contribution in [2.24, 2.45) is 11.3 Å². The van der Waals surface area contributed by atoms with Crippen LogP contribution in [0.25, 0.3) is 0 Å². The maximum Gasteiger partial charge on any atom is 0.424 e. The normalized spacial score (nSPS) is 39.4. The smallest absolute Gasteiger partial charge is 0.296 e. The minimum Gasteiger partial charge on any atom is -0.296 e. The van der Waals surface area contributed by atoms with Crippen LogP contribution in [-0.4, -0.2) is 12.7 Å². The van der Waals surface area contributed by atoms with Crippen molar-refractivity contribution in [3.63, 3.8) is 0 Å². The van der Waals surface area contributed by atoms with Crippen molar-refractivity contribution in [1.29, 1.82) is 0 Å². The molecule has 1 aliphatic rings. The lowest BCUT2D eigenvalue weighted by Gasteiger charge is -2.41. The molecule has 0 aromatic rings. The van der Waals surface area contributed by atoms with Crippen LogP contribution in [0, 0.1) is 11.3 Å². The number of halogens is 1. The van der Waals surface area contributed by atoms with Crippen LogP contribution >= 0.6 is 18.2 Å². The summed E-state index contributed by atoms with van der Waals surface area (Å²) in [5, 5.41) is 0. The minimum absolute atomic E-state index is 0.107. The van der Waals surface area contributed by atoms with Gasteiger partial charge in [0, 0.05) is 16.7 Å². The maximum atomic E-state index is 11.4. The van der Waals surface area contributed by atoms with Crippen molar-refractivity contribution >= 4 is 18.2 Å². The molecule has 0 spiro atoms. The molecule has 0 N–H and O–H groups in total. The third-order valence-corrected chi connectivity index (χ3v) is 3.65. The largest absolute Gasteiger partial charge is 0.424 e. The second-order valence-electron chi connectivity index (χ2n) is 4.46. The Kier molecular flexibility index (Phi) is 3.14. The fraction of sp³-hybridized carbons (Fsp3) is 1.00. The van der Waals surface area contributed by atoms with Crippen LogP contribution in [0.1, 0.15) is 27.7 Å². The summed E-state index contributed by atoms with van der Waals surface area (Å²) in [4.78, 5) is 0. The van der Waals surface area contributed by atoms with Crippen molar-refractivity contribution < 1.29 is 13.6 Å². The predicted octanol–water partition coefficient (Wildman–Crippen LogP) is 3.43. The Morgan fingerprint density at radius 1 is 1.54 bits per heavy atom. The van der Waals surface area contributed by atoms with Crippen LogP contribution in [0.5, 0.6) is 0 Å². The molecule has 1 aliphatic heterocycles. The van der Waals surface area contributed by atoms with Gasteiger partial charge in [-0.1, -0.05) is 27.7 Å². The van der Waals surface area contributed by atoms with E-state index < -0.39 is 6.95 Å². The Balaban J connectivity index is 2.82. The molecule has 13 heavy (non-hydrogen) atoms.